The lowest BCUT2D eigenvalue weighted by Crippen LogP contribution is -2.24. The number of hydrogen-bond acceptors (Lipinski definition) is 5. The van der Waals surface area contributed by atoms with Crippen molar-refractivity contribution in [2.45, 2.75) is 25.9 Å². The summed E-state index contributed by atoms with van der Waals surface area (Å²) in [7, 11) is 0. The highest BCUT2D eigenvalue weighted by Gasteiger charge is 2.17. The van der Waals surface area contributed by atoms with Gasteiger partial charge in [0.15, 0.2) is 5.82 Å². The van der Waals surface area contributed by atoms with E-state index in [1.807, 2.05) is 42.5 Å². The van der Waals surface area contributed by atoms with Crippen LogP contribution in [0.4, 0.5) is 0 Å². The second-order valence-electron chi connectivity index (χ2n) is 6.78. The minimum absolute atomic E-state index is 0.130. The van der Waals surface area contributed by atoms with Gasteiger partial charge in [-0.05, 0) is 36.8 Å². The minimum Gasteiger partial charge on any atom is -0.345 e. The Morgan fingerprint density at radius 2 is 1.93 bits per heavy atom. The number of aryl methyl sites for hydroxylation is 1. The molecule has 7 nitrogen and oxygen atoms in total. The van der Waals surface area contributed by atoms with E-state index in [-0.39, 0.29) is 5.91 Å². The lowest BCUT2D eigenvalue weighted by atomic mass is 10.0. The van der Waals surface area contributed by atoms with Crippen molar-refractivity contribution in [3.63, 3.8) is 0 Å². The van der Waals surface area contributed by atoms with Gasteiger partial charge in [-0.2, -0.15) is 0 Å². The lowest BCUT2D eigenvalue weighted by molar-refractivity contribution is 0.0949. The van der Waals surface area contributed by atoms with E-state index in [2.05, 4.69) is 30.0 Å². The molecule has 4 heterocycles. The van der Waals surface area contributed by atoms with Gasteiger partial charge < -0.3 is 9.88 Å². The predicted molar refractivity (Wildman–Crippen MR) is 104 cm³/mol. The summed E-state index contributed by atoms with van der Waals surface area (Å²) in [6, 6.07) is 13.3. The third-order valence-electron chi connectivity index (χ3n) is 5.04. The molecule has 0 radical (unpaired) electrons. The number of fused-ring (bicyclic) bond motifs is 2. The smallest absolute Gasteiger partial charge is 0.251 e. The zero-order valence-corrected chi connectivity index (χ0v) is 15.2. The average molecular weight is 370 g/mol. The standard InChI is InChI=1S/C21H18N6O/c28-21(24-13-19-26-25-18-4-2-12-27(18)19)15-7-5-14(6-8-15)20-16-3-1-10-22-17(16)9-11-23-20/h1,3,5-11H,2,4,12-13H2,(H,24,28). The summed E-state index contributed by atoms with van der Waals surface area (Å²) in [5.74, 6) is 1.69. The molecule has 1 amide bonds. The molecule has 1 N–H and O–H groups in total. The molecule has 1 aliphatic heterocycles. The van der Waals surface area contributed by atoms with Gasteiger partial charge in [-0.25, -0.2) is 0 Å². The van der Waals surface area contributed by atoms with Gasteiger partial charge in [0.05, 0.1) is 17.8 Å². The zero-order chi connectivity index (χ0) is 18.9. The molecule has 1 aliphatic rings. The first-order valence-corrected chi connectivity index (χ1v) is 9.29. The number of rotatable bonds is 4. The molecule has 0 bridgehead atoms. The quantitative estimate of drug-likeness (QED) is 0.597. The van der Waals surface area contributed by atoms with Gasteiger partial charge in [0.2, 0.25) is 0 Å². The molecule has 0 spiro atoms. The van der Waals surface area contributed by atoms with Crippen molar-refractivity contribution in [3.8, 4) is 11.3 Å². The molecular formula is C21H18N6O. The van der Waals surface area contributed by atoms with Gasteiger partial charge in [0, 0.05) is 41.9 Å². The van der Waals surface area contributed by atoms with Crippen LogP contribution in [0.1, 0.15) is 28.4 Å². The van der Waals surface area contributed by atoms with Gasteiger partial charge >= 0.3 is 0 Å². The van der Waals surface area contributed by atoms with Gasteiger partial charge in [0.25, 0.3) is 5.91 Å². The highest BCUT2D eigenvalue weighted by molar-refractivity contribution is 5.96. The zero-order valence-electron chi connectivity index (χ0n) is 15.2. The van der Waals surface area contributed by atoms with Crippen LogP contribution in [0.2, 0.25) is 0 Å². The van der Waals surface area contributed by atoms with E-state index in [1.165, 1.54) is 0 Å². The molecule has 5 rings (SSSR count). The summed E-state index contributed by atoms with van der Waals surface area (Å²) in [4.78, 5) is 21.4. The number of aromatic nitrogens is 5. The molecule has 138 valence electrons. The molecule has 3 aromatic heterocycles. The SMILES string of the molecule is O=C(NCc1nnc2n1CCC2)c1ccc(-c2nccc3ncccc23)cc1. The van der Waals surface area contributed by atoms with Crippen LogP contribution in [0.15, 0.2) is 54.9 Å². The topological polar surface area (TPSA) is 85.6 Å². The Bertz CT molecular complexity index is 1160. The number of amides is 1. The van der Waals surface area contributed by atoms with E-state index in [0.717, 1.165) is 53.2 Å². The van der Waals surface area contributed by atoms with E-state index in [1.54, 1.807) is 12.4 Å². The minimum atomic E-state index is -0.130. The maximum atomic E-state index is 12.5. The molecule has 0 aliphatic carbocycles. The van der Waals surface area contributed by atoms with Crippen LogP contribution >= 0.6 is 0 Å². The van der Waals surface area contributed by atoms with Crippen molar-refractivity contribution in [2.75, 3.05) is 0 Å². The van der Waals surface area contributed by atoms with E-state index in [4.69, 9.17) is 0 Å². The Morgan fingerprint density at radius 1 is 1.04 bits per heavy atom. The van der Waals surface area contributed by atoms with Crippen LogP contribution in [-0.2, 0) is 19.5 Å². The van der Waals surface area contributed by atoms with Crippen LogP contribution in [0.25, 0.3) is 22.2 Å². The number of benzene rings is 1. The molecule has 0 saturated carbocycles. The normalized spacial score (nSPS) is 12.9. The van der Waals surface area contributed by atoms with Crippen molar-refractivity contribution in [1.29, 1.82) is 0 Å². The Morgan fingerprint density at radius 3 is 2.82 bits per heavy atom. The van der Waals surface area contributed by atoms with E-state index in [9.17, 15) is 4.79 Å². The van der Waals surface area contributed by atoms with Gasteiger partial charge in [0.1, 0.15) is 5.82 Å². The fourth-order valence-corrected chi connectivity index (χ4v) is 3.61. The maximum absolute atomic E-state index is 12.5. The lowest BCUT2D eigenvalue weighted by Gasteiger charge is -2.08. The summed E-state index contributed by atoms with van der Waals surface area (Å²) < 4.78 is 2.09. The number of carbonyl (C=O) groups is 1. The number of carbonyl (C=O) groups excluding carboxylic acids is 1. The molecular weight excluding hydrogens is 352 g/mol. The number of nitrogens with one attached hydrogen (secondary N) is 1. The largest absolute Gasteiger partial charge is 0.345 e. The summed E-state index contributed by atoms with van der Waals surface area (Å²) in [5, 5.41) is 12.3. The van der Waals surface area contributed by atoms with Crippen LogP contribution < -0.4 is 5.32 Å². The van der Waals surface area contributed by atoms with Crippen molar-refractivity contribution in [3.05, 3.63) is 72.1 Å². The first-order valence-electron chi connectivity index (χ1n) is 9.29. The van der Waals surface area contributed by atoms with E-state index in [0.29, 0.717) is 12.1 Å². The molecule has 28 heavy (non-hydrogen) atoms. The summed E-state index contributed by atoms with van der Waals surface area (Å²) >= 11 is 0. The molecule has 0 fully saturated rings. The Kier molecular flexibility index (Phi) is 4.05. The first-order chi connectivity index (χ1) is 13.8. The van der Waals surface area contributed by atoms with Crippen LogP contribution in [0.3, 0.4) is 0 Å². The second-order valence-corrected chi connectivity index (χ2v) is 6.78. The third kappa shape index (κ3) is 2.90. The highest BCUT2D eigenvalue weighted by atomic mass is 16.1. The number of hydrogen-bond donors (Lipinski definition) is 1. The van der Waals surface area contributed by atoms with Crippen LogP contribution in [0, 0.1) is 0 Å². The highest BCUT2D eigenvalue weighted by Crippen LogP contribution is 2.25. The average Bonchev–Trinajstić information content (AvgIpc) is 3.36. The Hall–Kier alpha value is -3.61. The monoisotopic (exact) mass is 370 g/mol. The Balaban J connectivity index is 1.33. The first kappa shape index (κ1) is 16.6. The fourth-order valence-electron chi connectivity index (χ4n) is 3.61. The number of pyridine rings is 2. The molecule has 1 aromatic carbocycles. The molecule has 0 atom stereocenters. The molecule has 7 heteroatoms. The third-order valence-corrected chi connectivity index (χ3v) is 5.04. The van der Waals surface area contributed by atoms with Gasteiger partial charge in [-0.15, -0.1) is 10.2 Å². The Labute approximate surface area is 161 Å². The van der Waals surface area contributed by atoms with Crippen molar-refractivity contribution in [1.82, 2.24) is 30.0 Å². The number of nitrogens with zero attached hydrogens (tertiary/aromatic N) is 5. The van der Waals surface area contributed by atoms with Gasteiger partial charge in [-0.3, -0.25) is 14.8 Å². The van der Waals surface area contributed by atoms with Crippen LogP contribution in [0.5, 0.6) is 0 Å². The summed E-state index contributed by atoms with van der Waals surface area (Å²) in [6.45, 7) is 1.30. The van der Waals surface area contributed by atoms with Gasteiger partial charge in [-0.1, -0.05) is 12.1 Å². The fraction of sp³-hybridized carbons (Fsp3) is 0.190. The van der Waals surface area contributed by atoms with Crippen molar-refractivity contribution in [2.24, 2.45) is 0 Å². The molecule has 0 saturated heterocycles. The van der Waals surface area contributed by atoms with Crippen molar-refractivity contribution < 1.29 is 4.79 Å². The van der Waals surface area contributed by atoms with E-state index < -0.39 is 0 Å². The molecule has 4 aromatic rings. The summed E-state index contributed by atoms with van der Waals surface area (Å²) in [5.41, 5.74) is 3.31. The predicted octanol–water partition coefficient (Wildman–Crippen LogP) is 2.76. The maximum Gasteiger partial charge on any atom is 0.251 e. The second kappa shape index (κ2) is 6.84. The molecule has 0 unspecified atom stereocenters. The van der Waals surface area contributed by atoms with E-state index >= 15 is 0 Å². The van der Waals surface area contributed by atoms with Crippen molar-refractivity contribution >= 4 is 16.8 Å². The summed E-state index contributed by atoms with van der Waals surface area (Å²) in [6.07, 6.45) is 5.57. The van der Waals surface area contributed by atoms with Crippen LogP contribution in [-0.4, -0.2) is 30.6 Å².